The van der Waals surface area contributed by atoms with Crippen LogP contribution in [0.2, 0.25) is 0 Å². The zero-order valence-electron chi connectivity index (χ0n) is 13.2. The van der Waals surface area contributed by atoms with Gasteiger partial charge in [-0.05, 0) is 18.8 Å². The normalized spacial score (nSPS) is 23.3. The lowest BCUT2D eigenvalue weighted by molar-refractivity contribution is -0.137. The van der Waals surface area contributed by atoms with Crippen LogP contribution in [0.25, 0.3) is 0 Å². The smallest absolute Gasteiger partial charge is 0.317 e. The summed E-state index contributed by atoms with van der Waals surface area (Å²) in [5.41, 5.74) is 0. The SMILES string of the molecule is CC(C)CNC(=O)N1CCCC(C(=O)N2CCNCC2)C1. The highest BCUT2D eigenvalue weighted by atomic mass is 16.2. The Bertz CT molecular complexity index is 367. The average molecular weight is 296 g/mol. The number of rotatable bonds is 3. The first kappa shape index (κ1) is 16.1. The van der Waals surface area contributed by atoms with Crippen LogP contribution >= 0.6 is 0 Å². The molecule has 3 amide bonds. The van der Waals surface area contributed by atoms with Crippen LogP contribution in [0.4, 0.5) is 4.79 Å². The molecule has 6 heteroatoms. The van der Waals surface area contributed by atoms with Crippen molar-refractivity contribution >= 4 is 11.9 Å². The molecule has 0 radical (unpaired) electrons. The van der Waals surface area contributed by atoms with Crippen molar-refractivity contribution in [2.75, 3.05) is 45.8 Å². The van der Waals surface area contributed by atoms with Gasteiger partial charge >= 0.3 is 6.03 Å². The van der Waals surface area contributed by atoms with Crippen LogP contribution in [0, 0.1) is 11.8 Å². The molecule has 0 spiro atoms. The van der Waals surface area contributed by atoms with Crippen molar-refractivity contribution in [3.63, 3.8) is 0 Å². The summed E-state index contributed by atoms with van der Waals surface area (Å²) in [6.07, 6.45) is 1.81. The van der Waals surface area contributed by atoms with Gasteiger partial charge in [-0.2, -0.15) is 0 Å². The summed E-state index contributed by atoms with van der Waals surface area (Å²) in [6, 6.07) is -0.0264. The fraction of sp³-hybridized carbons (Fsp3) is 0.867. The summed E-state index contributed by atoms with van der Waals surface area (Å²) in [4.78, 5) is 28.4. The lowest BCUT2D eigenvalue weighted by Gasteiger charge is -2.36. The molecule has 1 atom stereocenters. The van der Waals surface area contributed by atoms with Crippen molar-refractivity contribution in [2.24, 2.45) is 11.8 Å². The molecule has 120 valence electrons. The van der Waals surface area contributed by atoms with Crippen LogP contribution in [0.3, 0.4) is 0 Å². The number of nitrogens with zero attached hydrogens (tertiary/aromatic N) is 2. The van der Waals surface area contributed by atoms with Crippen LogP contribution in [0.15, 0.2) is 0 Å². The fourth-order valence-corrected chi connectivity index (χ4v) is 2.91. The van der Waals surface area contributed by atoms with Gasteiger partial charge in [0.25, 0.3) is 0 Å². The fourth-order valence-electron chi connectivity index (χ4n) is 2.91. The molecule has 2 N–H and O–H groups in total. The predicted octanol–water partition coefficient (Wildman–Crippen LogP) is 0.496. The number of hydrogen-bond acceptors (Lipinski definition) is 3. The summed E-state index contributed by atoms with van der Waals surface area (Å²) in [5.74, 6) is 0.636. The second-order valence-electron chi connectivity index (χ2n) is 6.44. The standard InChI is InChI=1S/C15H28N4O2/c1-12(2)10-17-15(21)19-7-3-4-13(11-19)14(20)18-8-5-16-6-9-18/h12-13,16H,3-11H2,1-2H3,(H,17,21). The molecule has 0 aromatic rings. The summed E-state index contributed by atoms with van der Waals surface area (Å²) >= 11 is 0. The maximum absolute atomic E-state index is 12.5. The van der Waals surface area contributed by atoms with E-state index in [1.165, 1.54) is 0 Å². The van der Waals surface area contributed by atoms with E-state index in [1.807, 2.05) is 4.90 Å². The number of piperazine rings is 1. The number of likely N-dealkylation sites (tertiary alicyclic amines) is 1. The zero-order chi connectivity index (χ0) is 15.2. The number of urea groups is 1. The highest BCUT2D eigenvalue weighted by Gasteiger charge is 2.31. The van der Waals surface area contributed by atoms with E-state index in [2.05, 4.69) is 24.5 Å². The Morgan fingerprint density at radius 1 is 1.19 bits per heavy atom. The predicted molar refractivity (Wildman–Crippen MR) is 82.0 cm³/mol. The first-order valence-electron chi connectivity index (χ1n) is 8.10. The molecule has 2 aliphatic heterocycles. The van der Waals surface area contributed by atoms with E-state index < -0.39 is 0 Å². The molecule has 2 fully saturated rings. The second kappa shape index (κ2) is 7.64. The Labute approximate surface area is 127 Å². The van der Waals surface area contributed by atoms with Gasteiger partial charge in [0, 0.05) is 45.8 Å². The van der Waals surface area contributed by atoms with Gasteiger partial charge in [-0.3, -0.25) is 4.79 Å². The van der Waals surface area contributed by atoms with E-state index in [9.17, 15) is 9.59 Å². The maximum atomic E-state index is 12.5. The molecule has 2 heterocycles. The number of hydrogen-bond donors (Lipinski definition) is 2. The van der Waals surface area contributed by atoms with Gasteiger partial charge in [0.1, 0.15) is 0 Å². The molecule has 0 aromatic heterocycles. The molecule has 0 bridgehead atoms. The third-order valence-corrected chi connectivity index (χ3v) is 4.15. The van der Waals surface area contributed by atoms with Crippen molar-refractivity contribution < 1.29 is 9.59 Å². The van der Waals surface area contributed by atoms with E-state index in [4.69, 9.17) is 0 Å². The minimum absolute atomic E-state index is 0.0263. The van der Waals surface area contributed by atoms with Gasteiger partial charge in [0.05, 0.1) is 5.92 Å². The van der Waals surface area contributed by atoms with Crippen LogP contribution in [-0.2, 0) is 4.79 Å². The molecule has 21 heavy (non-hydrogen) atoms. The minimum atomic E-state index is -0.0264. The highest BCUT2D eigenvalue weighted by molar-refractivity contribution is 5.81. The van der Waals surface area contributed by atoms with Gasteiger partial charge in [0.15, 0.2) is 0 Å². The van der Waals surface area contributed by atoms with Crippen LogP contribution in [-0.4, -0.2) is 67.6 Å². The highest BCUT2D eigenvalue weighted by Crippen LogP contribution is 2.19. The molecular weight excluding hydrogens is 268 g/mol. The van der Waals surface area contributed by atoms with Gasteiger partial charge in [0.2, 0.25) is 5.91 Å². The van der Waals surface area contributed by atoms with E-state index in [0.717, 1.165) is 45.6 Å². The minimum Gasteiger partial charge on any atom is -0.340 e. The van der Waals surface area contributed by atoms with E-state index >= 15 is 0 Å². The molecule has 2 rings (SSSR count). The van der Waals surface area contributed by atoms with Gasteiger partial charge in [-0.15, -0.1) is 0 Å². The van der Waals surface area contributed by atoms with Crippen LogP contribution in [0.1, 0.15) is 26.7 Å². The Hall–Kier alpha value is -1.30. The molecule has 0 aliphatic carbocycles. The topological polar surface area (TPSA) is 64.7 Å². The zero-order valence-corrected chi connectivity index (χ0v) is 13.2. The van der Waals surface area contributed by atoms with Crippen molar-refractivity contribution in [2.45, 2.75) is 26.7 Å². The van der Waals surface area contributed by atoms with E-state index in [0.29, 0.717) is 19.0 Å². The molecule has 2 saturated heterocycles. The summed E-state index contributed by atoms with van der Waals surface area (Å²) in [6.45, 7) is 9.48. The second-order valence-corrected chi connectivity index (χ2v) is 6.44. The Morgan fingerprint density at radius 3 is 2.57 bits per heavy atom. The summed E-state index contributed by atoms with van der Waals surface area (Å²) in [5, 5.41) is 6.20. The van der Waals surface area contributed by atoms with Gasteiger partial charge in [-0.25, -0.2) is 4.79 Å². The molecule has 6 nitrogen and oxygen atoms in total. The monoisotopic (exact) mass is 296 g/mol. The lowest BCUT2D eigenvalue weighted by Crippen LogP contribution is -2.53. The van der Waals surface area contributed by atoms with Gasteiger partial charge in [-0.1, -0.05) is 13.8 Å². The summed E-state index contributed by atoms with van der Waals surface area (Å²) in [7, 11) is 0. The van der Waals surface area contributed by atoms with Gasteiger partial charge < -0.3 is 20.4 Å². The molecule has 1 unspecified atom stereocenters. The van der Waals surface area contributed by atoms with Crippen molar-refractivity contribution in [1.29, 1.82) is 0 Å². The largest absolute Gasteiger partial charge is 0.340 e. The first-order valence-corrected chi connectivity index (χ1v) is 8.10. The van der Waals surface area contributed by atoms with E-state index in [1.54, 1.807) is 4.90 Å². The van der Waals surface area contributed by atoms with Crippen LogP contribution in [0.5, 0.6) is 0 Å². The van der Waals surface area contributed by atoms with E-state index in [-0.39, 0.29) is 17.9 Å². The lowest BCUT2D eigenvalue weighted by atomic mass is 9.96. The number of carbonyl (C=O) groups excluding carboxylic acids is 2. The number of nitrogens with one attached hydrogen (secondary N) is 2. The first-order chi connectivity index (χ1) is 10.1. The number of carbonyl (C=O) groups is 2. The summed E-state index contributed by atoms with van der Waals surface area (Å²) < 4.78 is 0. The number of piperidine rings is 1. The third-order valence-electron chi connectivity index (χ3n) is 4.15. The Balaban J connectivity index is 1.84. The van der Waals surface area contributed by atoms with Crippen molar-refractivity contribution in [3.8, 4) is 0 Å². The van der Waals surface area contributed by atoms with Crippen LogP contribution < -0.4 is 10.6 Å². The maximum Gasteiger partial charge on any atom is 0.317 e. The number of amides is 3. The average Bonchev–Trinajstić information content (AvgIpc) is 2.52. The molecule has 0 saturated carbocycles. The Kier molecular flexibility index (Phi) is 5.85. The molecular formula is C15H28N4O2. The van der Waals surface area contributed by atoms with Crippen molar-refractivity contribution in [3.05, 3.63) is 0 Å². The third kappa shape index (κ3) is 4.59. The molecule has 2 aliphatic rings. The quantitative estimate of drug-likeness (QED) is 0.797. The molecule has 0 aromatic carbocycles. The van der Waals surface area contributed by atoms with Crippen molar-refractivity contribution in [1.82, 2.24) is 20.4 Å². The Morgan fingerprint density at radius 2 is 1.90 bits per heavy atom.